The highest BCUT2D eigenvalue weighted by Crippen LogP contribution is 2.27. The number of pyridine rings is 1. The van der Waals surface area contributed by atoms with Gasteiger partial charge in [-0.2, -0.15) is 0 Å². The highest BCUT2D eigenvalue weighted by molar-refractivity contribution is 9.10. The monoisotopic (exact) mass is 368 g/mol. The van der Waals surface area contributed by atoms with Crippen LogP contribution in [0.2, 0.25) is 0 Å². The van der Waals surface area contributed by atoms with Gasteiger partial charge in [0.2, 0.25) is 0 Å². The highest BCUT2D eigenvalue weighted by Gasteiger charge is 2.22. The second kappa shape index (κ2) is 7.02. The van der Waals surface area contributed by atoms with E-state index in [1.807, 2.05) is 17.5 Å². The van der Waals surface area contributed by atoms with Crippen molar-refractivity contribution < 1.29 is 4.79 Å². The van der Waals surface area contributed by atoms with E-state index >= 15 is 0 Å². The first-order valence-corrected chi connectivity index (χ1v) is 8.16. The number of nitrogen functional groups attached to an aromatic ring is 1. The molecule has 0 fully saturated rings. The number of carbonyl (C=O) groups excluding carboxylic acids is 1. The van der Waals surface area contributed by atoms with Gasteiger partial charge in [0.05, 0.1) is 11.6 Å². The van der Waals surface area contributed by atoms with Crippen molar-refractivity contribution in [3.05, 3.63) is 44.7 Å². The van der Waals surface area contributed by atoms with Crippen LogP contribution in [-0.4, -0.2) is 10.9 Å². The van der Waals surface area contributed by atoms with E-state index in [1.165, 1.54) is 0 Å². The lowest BCUT2D eigenvalue weighted by Gasteiger charge is -2.21. The van der Waals surface area contributed by atoms with Gasteiger partial charge < -0.3 is 10.7 Å². The van der Waals surface area contributed by atoms with Crippen LogP contribution in [0.4, 0.5) is 5.82 Å². The molecular formula is C14H17BrN4OS. The maximum Gasteiger partial charge on any atom is 0.255 e. The topological polar surface area (TPSA) is 80.0 Å². The Morgan fingerprint density at radius 3 is 2.81 bits per heavy atom. The number of thiophene rings is 1. The first-order valence-electron chi connectivity index (χ1n) is 6.49. The van der Waals surface area contributed by atoms with Crippen LogP contribution in [-0.2, 0) is 0 Å². The van der Waals surface area contributed by atoms with Gasteiger partial charge in [0, 0.05) is 15.5 Å². The average Bonchev–Trinajstić information content (AvgIpc) is 2.97. The number of nitrogens with one attached hydrogen (secondary N) is 2. The Morgan fingerprint density at radius 2 is 2.24 bits per heavy atom. The second-order valence-corrected chi connectivity index (χ2v) is 6.80. The molecule has 5 nitrogen and oxygen atoms in total. The molecule has 1 amide bonds. The Hall–Kier alpha value is -1.44. The van der Waals surface area contributed by atoms with E-state index in [4.69, 9.17) is 5.84 Å². The third-order valence-corrected chi connectivity index (χ3v) is 4.43. The number of hydrazine groups is 1. The lowest BCUT2D eigenvalue weighted by Crippen LogP contribution is -2.32. The SMILES string of the molecule is CC(C)C(NC(=O)c1cc(Br)cnc1NN)c1cccs1. The van der Waals surface area contributed by atoms with E-state index in [0.29, 0.717) is 11.4 Å². The third kappa shape index (κ3) is 3.81. The van der Waals surface area contributed by atoms with Crippen LogP contribution < -0.4 is 16.6 Å². The van der Waals surface area contributed by atoms with Gasteiger partial charge in [0.25, 0.3) is 5.91 Å². The summed E-state index contributed by atoms with van der Waals surface area (Å²) in [6, 6.07) is 5.66. The zero-order chi connectivity index (χ0) is 15.4. The number of hydrogen-bond acceptors (Lipinski definition) is 5. The van der Waals surface area contributed by atoms with Gasteiger partial charge in [-0.15, -0.1) is 11.3 Å². The molecule has 1 unspecified atom stereocenters. The predicted molar refractivity (Wildman–Crippen MR) is 89.1 cm³/mol. The summed E-state index contributed by atoms with van der Waals surface area (Å²) in [6.07, 6.45) is 1.59. The van der Waals surface area contributed by atoms with Crippen LogP contribution in [0.25, 0.3) is 0 Å². The number of halogens is 1. The van der Waals surface area contributed by atoms with Crippen LogP contribution in [0.5, 0.6) is 0 Å². The molecule has 0 saturated heterocycles. The van der Waals surface area contributed by atoms with E-state index < -0.39 is 0 Å². The molecule has 0 aromatic carbocycles. The molecular weight excluding hydrogens is 352 g/mol. The highest BCUT2D eigenvalue weighted by atomic mass is 79.9. The molecule has 1 atom stereocenters. The van der Waals surface area contributed by atoms with Gasteiger partial charge in [0.1, 0.15) is 0 Å². The maximum atomic E-state index is 12.5. The third-order valence-electron chi connectivity index (χ3n) is 3.04. The molecule has 7 heteroatoms. The first kappa shape index (κ1) is 15.9. The molecule has 0 spiro atoms. The summed E-state index contributed by atoms with van der Waals surface area (Å²) in [7, 11) is 0. The molecule has 0 saturated carbocycles. The first-order chi connectivity index (χ1) is 10.0. The number of nitrogens with two attached hydrogens (primary N) is 1. The van der Waals surface area contributed by atoms with Crippen LogP contribution in [0.3, 0.4) is 0 Å². The Labute approximate surface area is 136 Å². The molecule has 0 aliphatic heterocycles. The Kier molecular flexibility index (Phi) is 5.33. The fraction of sp³-hybridized carbons (Fsp3) is 0.286. The molecule has 2 aromatic rings. The zero-order valence-corrected chi connectivity index (χ0v) is 14.2. The molecule has 0 bridgehead atoms. The Bertz CT molecular complexity index is 615. The molecule has 2 rings (SSSR count). The van der Waals surface area contributed by atoms with E-state index in [2.05, 4.69) is 45.5 Å². The van der Waals surface area contributed by atoms with Gasteiger partial charge in [-0.25, -0.2) is 10.8 Å². The number of anilines is 1. The van der Waals surface area contributed by atoms with Crippen LogP contribution in [0.15, 0.2) is 34.2 Å². The van der Waals surface area contributed by atoms with E-state index in [0.717, 1.165) is 9.35 Å². The summed E-state index contributed by atoms with van der Waals surface area (Å²) in [5, 5.41) is 5.06. The molecule has 21 heavy (non-hydrogen) atoms. The summed E-state index contributed by atoms with van der Waals surface area (Å²) in [5.41, 5.74) is 2.86. The van der Waals surface area contributed by atoms with Gasteiger partial charge in [0.15, 0.2) is 5.82 Å². The molecule has 0 radical (unpaired) electrons. The van der Waals surface area contributed by atoms with Crippen LogP contribution in [0.1, 0.15) is 35.1 Å². The van der Waals surface area contributed by atoms with Gasteiger partial charge in [-0.1, -0.05) is 19.9 Å². The molecule has 2 aromatic heterocycles. The lowest BCUT2D eigenvalue weighted by molar-refractivity contribution is 0.0927. The van der Waals surface area contributed by atoms with Crippen molar-refractivity contribution in [1.29, 1.82) is 0 Å². The van der Waals surface area contributed by atoms with Gasteiger partial charge in [-0.3, -0.25) is 4.79 Å². The molecule has 2 heterocycles. The van der Waals surface area contributed by atoms with Crippen molar-refractivity contribution in [2.24, 2.45) is 11.8 Å². The zero-order valence-electron chi connectivity index (χ0n) is 11.8. The van der Waals surface area contributed by atoms with Crippen molar-refractivity contribution in [2.45, 2.75) is 19.9 Å². The molecule has 0 aliphatic carbocycles. The average molecular weight is 369 g/mol. The van der Waals surface area contributed by atoms with Crippen molar-refractivity contribution in [3.8, 4) is 0 Å². The van der Waals surface area contributed by atoms with Crippen LogP contribution in [0, 0.1) is 5.92 Å². The number of aromatic nitrogens is 1. The van der Waals surface area contributed by atoms with E-state index in [9.17, 15) is 4.79 Å². The minimum absolute atomic E-state index is 0.0397. The van der Waals surface area contributed by atoms with Gasteiger partial charge in [-0.05, 0) is 39.4 Å². The number of carbonyl (C=O) groups is 1. The largest absolute Gasteiger partial charge is 0.344 e. The standard InChI is InChI=1S/C14H17BrN4OS/c1-8(2)12(11-4-3-5-21-11)18-14(20)10-6-9(15)7-17-13(10)19-16/h3-8,12H,16H2,1-2H3,(H,17,19)(H,18,20). The van der Waals surface area contributed by atoms with Crippen LogP contribution >= 0.6 is 27.3 Å². The van der Waals surface area contributed by atoms with Crippen molar-refractivity contribution >= 4 is 39.0 Å². The van der Waals surface area contributed by atoms with Gasteiger partial charge >= 0.3 is 0 Å². The molecule has 0 aliphatic rings. The van der Waals surface area contributed by atoms with E-state index in [-0.39, 0.29) is 17.9 Å². The predicted octanol–water partition coefficient (Wildman–Crippen LogP) is 3.32. The minimum Gasteiger partial charge on any atom is -0.344 e. The second-order valence-electron chi connectivity index (χ2n) is 4.90. The smallest absolute Gasteiger partial charge is 0.255 e. The van der Waals surface area contributed by atoms with Crippen molar-refractivity contribution in [3.63, 3.8) is 0 Å². The summed E-state index contributed by atoms with van der Waals surface area (Å²) in [5.74, 6) is 5.84. The number of nitrogens with zero attached hydrogens (tertiary/aromatic N) is 1. The minimum atomic E-state index is -0.205. The molecule has 4 N–H and O–H groups in total. The molecule has 112 valence electrons. The van der Waals surface area contributed by atoms with Crippen molar-refractivity contribution in [2.75, 3.05) is 5.43 Å². The number of amides is 1. The maximum absolute atomic E-state index is 12.5. The summed E-state index contributed by atoms with van der Waals surface area (Å²) >= 11 is 4.95. The Morgan fingerprint density at radius 1 is 1.48 bits per heavy atom. The summed E-state index contributed by atoms with van der Waals surface area (Å²) < 4.78 is 0.726. The normalized spacial score (nSPS) is 12.2. The van der Waals surface area contributed by atoms with E-state index in [1.54, 1.807) is 23.6 Å². The lowest BCUT2D eigenvalue weighted by atomic mass is 10.0. The fourth-order valence-corrected chi connectivity index (χ4v) is 3.26. The number of hydrogen-bond donors (Lipinski definition) is 3. The number of rotatable bonds is 5. The summed E-state index contributed by atoms with van der Waals surface area (Å²) in [4.78, 5) is 17.7. The Balaban J connectivity index is 2.26. The summed E-state index contributed by atoms with van der Waals surface area (Å²) in [6.45, 7) is 4.15. The fourth-order valence-electron chi connectivity index (χ4n) is 1.98. The quantitative estimate of drug-likeness (QED) is 0.558. The van der Waals surface area contributed by atoms with Crippen molar-refractivity contribution in [1.82, 2.24) is 10.3 Å².